The average Bonchev–Trinajstić information content (AvgIpc) is 3.09. The Balaban J connectivity index is 2.00. The summed E-state index contributed by atoms with van der Waals surface area (Å²) in [5.41, 5.74) is 1.51. The fourth-order valence-corrected chi connectivity index (χ4v) is 4.49. The van der Waals surface area contributed by atoms with E-state index in [2.05, 4.69) is 37.3 Å². The van der Waals surface area contributed by atoms with Crippen molar-refractivity contribution >= 4 is 24.1 Å². The van der Waals surface area contributed by atoms with E-state index >= 15 is 0 Å². The van der Waals surface area contributed by atoms with Crippen molar-refractivity contribution < 1.29 is 19.1 Å². The van der Waals surface area contributed by atoms with Gasteiger partial charge in [0.25, 0.3) is 0 Å². The van der Waals surface area contributed by atoms with Crippen molar-refractivity contribution in [3.63, 3.8) is 0 Å². The van der Waals surface area contributed by atoms with Crippen LogP contribution in [0.3, 0.4) is 0 Å². The molecule has 0 saturated heterocycles. The molecule has 1 fully saturated rings. The van der Waals surface area contributed by atoms with E-state index in [9.17, 15) is 9.59 Å². The molecule has 0 aliphatic heterocycles. The van der Waals surface area contributed by atoms with Gasteiger partial charge in [0, 0.05) is 0 Å². The van der Waals surface area contributed by atoms with E-state index < -0.39 is 17.4 Å². The van der Waals surface area contributed by atoms with Gasteiger partial charge < -0.3 is 9.47 Å². The van der Waals surface area contributed by atoms with Gasteiger partial charge in [-0.15, -0.1) is 0 Å². The summed E-state index contributed by atoms with van der Waals surface area (Å²) in [6.07, 6.45) is 7.67. The van der Waals surface area contributed by atoms with Gasteiger partial charge >= 0.3 is 11.9 Å². The van der Waals surface area contributed by atoms with Crippen molar-refractivity contribution in [3.05, 3.63) is 83.4 Å². The van der Waals surface area contributed by atoms with Gasteiger partial charge in [-0.3, -0.25) is 9.59 Å². The molecule has 0 aromatic heterocycles. The van der Waals surface area contributed by atoms with E-state index in [4.69, 9.17) is 9.47 Å². The summed E-state index contributed by atoms with van der Waals surface area (Å²) in [6, 6.07) is 20.1. The Hall–Kier alpha value is -3.14. The second kappa shape index (κ2) is 10.4. The van der Waals surface area contributed by atoms with Gasteiger partial charge in [-0.05, 0) is 49.7 Å². The normalized spacial score (nSPS) is 21.0. The molecule has 2 aromatic rings. The fourth-order valence-electron chi connectivity index (χ4n) is 4.49. The summed E-state index contributed by atoms with van der Waals surface area (Å²) in [4.78, 5) is 26.2. The third-order valence-electron chi connectivity index (χ3n) is 6.11. The number of carbonyl (C=O) groups excluding carboxylic acids is 2. The van der Waals surface area contributed by atoms with Gasteiger partial charge in [0.05, 0.1) is 13.2 Å². The van der Waals surface area contributed by atoms with Crippen LogP contribution in [0.2, 0.25) is 0 Å². The predicted octanol–water partition coefficient (Wildman–Crippen LogP) is 6.09. The van der Waals surface area contributed by atoms with Crippen molar-refractivity contribution in [1.82, 2.24) is 0 Å². The third-order valence-corrected chi connectivity index (χ3v) is 6.11. The van der Waals surface area contributed by atoms with Crippen LogP contribution >= 0.6 is 0 Å². The maximum atomic E-state index is 13.1. The third kappa shape index (κ3) is 5.18. The molecule has 168 valence electrons. The minimum absolute atomic E-state index is 0.225. The molecule has 1 unspecified atom stereocenters. The lowest BCUT2D eigenvalue weighted by atomic mass is 9.77. The van der Waals surface area contributed by atoms with Gasteiger partial charge in [0.2, 0.25) is 0 Å². The zero-order valence-corrected chi connectivity index (χ0v) is 19.2. The maximum Gasteiger partial charge on any atom is 0.323 e. The van der Waals surface area contributed by atoms with E-state index in [1.54, 1.807) is 13.8 Å². The number of esters is 2. The first-order valence-corrected chi connectivity index (χ1v) is 11.3. The van der Waals surface area contributed by atoms with Crippen LogP contribution in [0.1, 0.15) is 51.2 Å². The Labute approximate surface area is 190 Å². The number of allylic oxidation sites excluding steroid dienone is 2. The molecule has 0 heterocycles. The highest BCUT2D eigenvalue weighted by Crippen LogP contribution is 2.56. The topological polar surface area (TPSA) is 52.6 Å². The van der Waals surface area contributed by atoms with Crippen molar-refractivity contribution in [1.29, 1.82) is 0 Å². The first-order chi connectivity index (χ1) is 15.4. The molecule has 1 aliphatic carbocycles. The Morgan fingerprint density at radius 2 is 1.41 bits per heavy atom. The van der Waals surface area contributed by atoms with Crippen LogP contribution in [0.4, 0.5) is 0 Å². The monoisotopic (exact) mass is 432 g/mol. The van der Waals surface area contributed by atoms with Gasteiger partial charge in [0.1, 0.15) is 0 Å². The number of hydrogen-bond donors (Lipinski definition) is 0. The lowest BCUT2D eigenvalue weighted by Crippen LogP contribution is -2.40. The Morgan fingerprint density at radius 1 is 0.875 bits per heavy atom. The highest BCUT2D eigenvalue weighted by atomic mass is 16.6. The zero-order chi connectivity index (χ0) is 23.0. The van der Waals surface area contributed by atoms with Crippen LogP contribution < -0.4 is 0 Å². The van der Waals surface area contributed by atoms with Crippen LogP contribution in [0, 0.1) is 10.8 Å². The second-order valence-corrected chi connectivity index (χ2v) is 8.53. The summed E-state index contributed by atoms with van der Waals surface area (Å²) >= 11 is 0. The van der Waals surface area contributed by atoms with Gasteiger partial charge in [0.15, 0.2) is 5.41 Å². The molecule has 4 nitrogen and oxygen atoms in total. The summed E-state index contributed by atoms with van der Waals surface area (Å²) in [5.74, 6) is -0.985. The molecular formula is C28H32O4. The highest BCUT2D eigenvalue weighted by Gasteiger charge is 2.59. The molecular weight excluding hydrogens is 400 g/mol. The molecule has 1 atom stereocenters. The first kappa shape index (κ1) is 23.5. The Morgan fingerprint density at radius 3 is 1.94 bits per heavy atom. The van der Waals surface area contributed by atoms with Crippen LogP contribution in [-0.4, -0.2) is 25.2 Å². The molecule has 32 heavy (non-hydrogen) atoms. The quantitative estimate of drug-likeness (QED) is 0.374. The van der Waals surface area contributed by atoms with Crippen molar-refractivity contribution in [2.75, 3.05) is 13.2 Å². The second-order valence-electron chi connectivity index (χ2n) is 8.53. The number of carbonyl (C=O) groups is 2. The average molecular weight is 433 g/mol. The van der Waals surface area contributed by atoms with Crippen LogP contribution in [-0.2, 0) is 19.1 Å². The molecule has 1 aliphatic rings. The molecule has 0 amide bonds. The van der Waals surface area contributed by atoms with E-state index in [1.165, 1.54) is 0 Å². The molecule has 1 saturated carbocycles. The molecule has 2 aromatic carbocycles. The first-order valence-electron chi connectivity index (χ1n) is 11.3. The largest absolute Gasteiger partial charge is 0.465 e. The van der Waals surface area contributed by atoms with Gasteiger partial charge in [-0.1, -0.05) is 91.4 Å². The van der Waals surface area contributed by atoms with Crippen molar-refractivity contribution in [2.24, 2.45) is 10.8 Å². The number of rotatable bonds is 8. The highest BCUT2D eigenvalue weighted by molar-refractivity contribution is 6.01. The van der Waals surface area contributed by atoms with E-state index in [-0.39, 0.29) is 18.6 Å². The minimum atomic E-state index is -1.32. The summed E-state index contributed by atoms with van der Waals surface area (Å²) in [6.45, 7) is 6.09. The smallest absolute Gasteiger partial charge is 0.323 e. The fraction of sp³-hybridized carbons (Fsp3) is 0.357. The minimum Gasteiger partial charge on any atom is -0.465 e. The van der Waals surface area contributed by atoms with E-state index in [1.807, 2.05) is 48.5 Å². The maximum absolute atomic E-state index is 13.1. The number of hydrogen-bond acceptors (Lipinski definition) is 4. The molecule has 0 radical (unpaired) electrons. The summed E-state index contributed by atoms with van der Waals surface area (Å²) in [7, 11) is 0. The van der Waals surface area contributed by atoms with Crippen LogP contribution in [0.25, 0.3) is 12.2 Å². The summed E-state index contributed by atoms with van der Waals surface area (Å²) in [5, 5.41) is 0. The van der Waals surface area contributed by atoms with Gasteiger partial charge in [-0.25, -0.2) is 0 Å². The zero-order valence-electron chi connectivity index (χ0n) is 19.2. The van der Waals surface area contributed by atoms with E-state index in [0.29, 0.717) is 19.3 Å². The van der Waals surface area contributed by atoms with Crippen molar-refractivity contribution in [2.45, 2.75) is 40.0 Å². The van der Waals surface area contributed by atoms with E-state index in [0.717, 1.165) is 16.7 Å². The number of benzene rings is 2. The lowest BCUT2D eigenvalue weighted by Gasteiger charge is -2.28. The molecule has 0 N–H and O–H groups in total. The standard InChI is InChI=1S/C28H32O4/c1-4-31-25(29)28(26(30)32-5-2)20-24(19-23-15-10-7-11-16-23)27(3,21-28)18-12-17-22-13-8-6-9-14-22/h6-17,19H,4-5,18,20-21H2,1-3H3/b17-12+,24-19-. The molecule has 0 bridgehead atoms. The molecule has 3 rings (SSSR count). The lowest BCUT2D eigenvalue weighted by molar-refractivity contribution is -0.172. The Kier molecular flexibility index (Phi) is 7.68. The summed E-state index contributed by atoms with van der Waals surface area (Å²) < 4.78 is 10.8. The van der Waals surface area contributed by atoms with Crippen LogP contribution in [0.5, 0.6) is 0 Å². The van der Waals surface area contributed by atoms with Crippen molar-refractivity contribution in [3.8, 4) is 0 Å². The Bertz CT molecular complexity index is 957. The predicted molar refractivity (Wildman–Crippen MR) is 128 cm³/mol. The van der Waals surface area contributed by atoms with Crippen LogP contribution in [0.15, 0.2) is 72.3 Å². The molecule has 0 spiro atoms. The molecule has 4 heteroatoms. The SMILES string of the molecule is CCOC(=O)C1(C(=O)OCC)C/C(=C/c2ccccc2)C(C)(C/C=C/c2ccccc2)C1. The van der Waals surface area contributed by atoms with Gasteiger partial charge in [-0.2, -0.15) is 0 Å². The number of ether oxygens (including phenoxy) is 2.